The predicted octanol–water partition coefficient (Wildman–Crippen LogP) is 1.63. The molecule has 3 N–H and O–H groups in total. The molecule has 4 heteroatoms. The molecule has 0 unspecified atom stereocenters. The van der Waals surface area contributed by atoms with Crippen molar-refractivity contribution < 1.29 is 0 Å². The number of nitrogens with one attached hydrogen (secondary N) is 1. The maximum atomic E-state index is 5.51. The fourth-order valence-electron chi connectivity index (χ4n) is 1.15. The van der Waals surface area contributed by atoms with Crippen LogP contribution in [0, 0.1) is 3.83 Å². The van der Waals surface area contributed by atoms with Crippen LogP contribution in [0.1, 0.15) is 5.56 Å². The summed E-state index contributed by atoms with van der Waals surface area (Å²) in [4.78, 5) is 7.44. The van der Waals surface area contributed by atoms with Crippen molar-refractivity contribution in [3.05, 3.63) is 27.6 Å². The summed E-state index contributed by atoms with van der Waals surface area (Å²) >= 11 is 2.16. The standard InChI is InChI=1S/C8H8IN3/c9-8-11-6-2-1-5(4-10)3-7(6)12-8/h1-3H,4,10H2,(H,11,12). The van der Waals surface area contributed by atoms with Gasteiger partial charge in [0.15, 0.2) is 3.83 Å². The van der Waals surface area contributed by atoms with Crippen LogP contribution < -0.4 is 5.73 Å². The second-order valence-corrected chi connectivity index (χ2v) is 3.61. The lowest BCUT2D eigenvalue weighted by Gasteiger charge is -1.93. The van der Waals surface area contributed by atoms with Crippen LogP contribution in [0.4, 0.5) is 0 Å². The van der Waals surface area contributed by atoms with Gasteiger partial charge in [-0.3, -0.25) is 0 Å². The molecule has 62 valence electrons. The number of nitrogens with zero attached hydrogens (tertiary/aromatic N) is 1. The lowest BCUT2D eigenvalue weighted by molar-refractivity contribution is 1.07. The van der Waals surface area contributed by atoms with E-state index in [1.807, 2.05) is 18.2 Å². The summed E-state index contributed by atoms with van der Waals surface area (Å²) in [7, 11) is 0. The van der Waals surface area contributed by atoms with Gasteiger partial charge in [-0.1, -0.05) is 6.07 Å². The maximum Gasteiger partial charge on any atom is 0.169 e. The number of hydrogen-bond acceptors (Lipinski definition) is 2. The molecule has 0 saturated carbocycles. The Kier molecular flexibility index (Phi) is 2.02. The third-order valence-electron chi connectivity index (χ3n) is 1.75. The van der Waals surface area contributed by atoms with E-state index < -0.39 is 0 Å². The van der Waals surface area contributed by atoms with E-state index in [-0.39, 0.29) is 0 Å². The van der Waals surface area contributed by atoms with Gasteiger partial charge in [0.1, 0.15) is 0 Å². The Morgan fingerprint density at radius 2 is 2.33 bits per heavy atom. The van der Waals surface area contributed by atoms with Gasteiger partial charge in [0.2, 0.25) is 0 Å². The molecule has 0 spiro atoms. The number of benzene rings is 1. The highest BCUT2D eigenvalue weighted by Gasteiger charge is 1.99. The van der Waals surface area contributed by atoms with E-state index in [9.17, 15) is 0 Å². The van der Waals surface area contributed by atoms with Crippen molar-refractivity contribution in [3.8, 4) is 0 Å². The summed E-state index contributed by atoms with van der Waals surface area (Å²) in [6, 6.07) is 6.03. The minimum atomic E-state index is 0.569. The molecule has 0 fully saturated rings. The minimum absolute atomic E-state index is 0.569. The zero-order valence-electron chi connectivity index (χ0n) is 6.34. The van der Waals surface area contributed by atoms with Gasteiger partial charge in [0.25, 0.3) is 0 Å². The first-order chi connectivity index (χ1) is 5.79. The molecule has 0 aliphatic heterocycles. The highest BCUT2D eigenvalue weighted by molar-refractivity contribution is 14.1. The van der Waals surface area contributed by atoms with Crippen LogP contribution in [0.15, 0.2) is 18.2 Å². The number of H-pyrrole nitrogens is 1. The molecule has 2 rings (SSSR count). The minimum Gasteiger partial charge on any atom is -0.333 e. The third-order valence-corrected chi connectivity index (χ3v) is 2.27. The third kappa shape index (κ3) is 1.32. The van der Waals surface area contributed by atoms with Crippen molar-refractivity contribution in [1.82, 2.24) is 9.97 Å². The van der Waals surface area contributed by atoms with Crippen LogP contribution in [0.2, 0.25) is 0 Å². The van der Waals surface area contributed by atoms with Gasteiger partial charge in [0.05, 0.1) is 11.0 Å². The molecular weight excluding hydrogens is 265 g/mol. The van der Waals surface area contributed by atoms with Crippen molar-refractivity contribution in [2.45, 2.75) is 6.54 Å². The summed E-state index contributed by atoms with van der Waals surface area (Å²) in [6.07, 6.45) is 0. The number of halogens is 1. The zero-order chi connectivity index (χ0) is 8.55. The second kappa shape index (κ2) is 3.02. The zero-order valence-corrected chi connectivity index (χ0v) is 8.50. The highest BCUT2D eigenvalue weighted by atomic mass is 127. The molecule has 0 aliphatic rings. The first-order valence-corrected chi connectivity index (χ1v) is 4.71. The molecule has 1 aromatic carbocycles. The molecule has 12 heavy (non-hydrogen) atoms. The van der Waals surface area contributed by atoms with Crippen molar-refractivity contribution in [3.63, 3.8) is 0 Å². The summed E-state index contributed by atoms with van der Waals surface area (Å²) < 4.78 is 0.914. The van der Waals surface area contributed by atoms with Gasteiger partial charge in [-0.2, -0.15) is 0 Å². The Morgan fingerprint density at radius 1 is 1.50 bits per heavy atom. The fraction of sp³-hybridized carbons (Fsp3) is 0.125. The van der Waals surface area contributed by atoms with Gasteiger partial charge in [-0.25, -0.2) is 4.98 Å². The van der Waals surface area contributed by atoms with Crippen molar-refractivity contribution in [2.24, 2.45) is 5.73 Å². The van der Waals surface area contributed by atoms with E-state index in [1.165, 1.54) is 0 Å². The van der Waals surface area contributed by atoms with Crippen LogP contribution in [0.5, 0.6) is 0 Å². The Hall–Kier alpha value is -0.620. The van der Waals surface area contributed by atoms with E-state index in [0.29, 0.717) is 6.54 Å². The Balaban J connectivity index is 2.66. The van der Waals surface area contributed by atoms with E-state index >= 15 is 0 Å². The number of hydrogen-bond donors (Lipinski definition) is 2. The van der Waals surface area contributed by atoms with Crippen LogP contribution in [0.25, 0.3) is 11.0 Å². The Bertz CT molecular complexity index is 408. The fourth-order valence-corrected chi connectivity index (χ4v) is 1.70. The van der Waals surface area contributed by atoms with E-state index in [1.54, 1.807) is 0 Å². The second-order valence-electron chi connectivity index (χ2n) is 2.58. The molecule has 2 aromatic rings. The first-order valence-electron chi connectivity index (χ1n) is 3.64. The number of aromatic nitrogens is 2. The normalized spacial score (nSPS) is 10.8. The van der Waals surface area contributed by atoms with E-state index in [4.69, 9.17) is 5.73 Å². The molecule has 0 radical (unpaired) electrons. The number of nitrogens with two attached hydrogens (primary N) is 1. The van der Waals surface area contributed by atoms with Gasteiger partial charge < -0.3 is 10.7 Å². The average Bonchev–Trinajstić information content (AvgIpc) is 2.43. The van der Waals surface area contributed by atoms with Crippen molar-refractivity contribution in [2.75, 3.05) is 0 Å². The topological polar surface area (TPSA) is 54.7 Å². The smallest absolute Gasteiger partial charge is 0.169 e. The summed E-state index contributed by atoms with van der Waals surface area (Å²) in [5.74, 6) is 0. The summed E-state index contributed by atoms with van der Waals surface area (Å²) in [5, 5.41) is 0. The van der Waals surface area contributed by atoms with Crippen molar-refractivity contribution >= 4 is 33.6 Å². The van der Waals surface area contributed by atoms with Crippen molar-refractivity contribution in [1.29, 1.82) is 0 Å². The number of rotatable bonds is 1. The molecule has 0 aliphatic carbocycles. The van der Waals surface area contributed by atoms with Crippen LogP contribution in [-0.4, -0.2) is 9.97 Å². The van der Waals surface area contributed by atoms with Crippen LogP contribution in [0.3, 0.4) is 0 Å². The average molecular weight is 273 g/mol. The maximum absolute atomic E-state index is 5.51. The van der Waals surface area contributed by atoms with Crippen LogP contribution >= 0.6 is 22.6 Å². The molecule has 3 nitrogen and oxygen atoms in total. The quantitative estimate of drug-likeness (QED) is 0.776. The summed E-state index contributed by atoms with van der Waals surface area (Å²) in [5.41, 5.74) is 8.68. The SMILES string of the molecule is NCc1ccc2[nH]c(I)nc2c1. The molecule has 0 amide bonds. The van der Waals surface area contributed by atoms with Gasteiger partial charge >= 0.3 is 0 Å². The van der Waals surface area contributed by atoms with E-state index in [0.717, 1.165) is 20.4 Å². The van der Waals surface area contributed by atoms with E-state index in [2.05, 4.69) is 32.6 Å². The Labute approximate surface area is 83.5 Å². The number of aromatic amines is 1. The van der Waals surface area contributed by atoms with Gasteiger partial charge in [0, 0.05) is 6.54 Å². The monoisotopic (exact) mass is 273 g/mol. The largest absolute Gasteiger partial charge is 0.333 e. The van der Waals surface area contributed by atoms with Gasteiger partial charge in [-0.15, -0.1) is 0 Å². The molecule has 0 bridgehead atoms. The summed E-state index contributed by atoms with van der Waals surface area (Å²) in [6.45, 7) is 0.569. The number of imidazole rings is 1. The molecule has 0 saturated heterocycles. The van der Waals surface area contributed by atoms with Crippen LogP contribution in [-0.2, 0) is 6.54 Å². The predicted molar refractivity (Wildman–Crippen MR) is 56.7 cm³/mol. The number of fused-ring (bicyclic) bond motifs is 1. The molecule has 0 atom stereocenters. The molecular formula is C8H8IN3. The Morgan fingerprint density at radius 3 is 3.08 bits per heavy atom. The lowest BCUT2D eigenvalue weighted by atomic mass is 10.2. The molecule has 1 heterocycles. The lowest BCUT2D eigenvalue weighted by Crippen LogP contribution is -1.95. The highest BCUT2D eigenvalue weighted by Crippen LogP contribution is 2.14. The first kappa shape index (κ1) is 8.00. The van der Waals surface area contributed by atoms with Gasteiger partial charge in [-0.05, 0) is 40.3 Å². The molecule has 1 aromatic heterocycles.